The maximum absolute atomic E-state index is 3.80. The van der Waals surface area contributed by atoms with E-state index in [4.69, 9.17) is 0 Å². The van der Waals surface area contributed by atoms with Crippen molar-refractivity contribution >= 4 is 15.9 Å². The third kappa shape index (κ3) is 3.28. The van der Waals surface area contributed by atoms with Crippen LogP contribution in [0.1, 0.15) is 24.1 Å². The van der Waals surface area contributed by atoms with Gasteiger partial charge in [0, 0.05) is 17.1 Å². The number of hydrogen-bond acceptors (Lipinski definition) is 1. The van der Waals surface area contributed by atoms with Crippen LogP contribution in [0.25, 0.3) is 0 Å². The second kappa shape index (κ2) is 5.32. The van der Waals surface area contributed by atoms with Gasteiger partial charge in [0.1, 0.15) is 0 Å². The summed E-state index contributed by atoms with van der Waals surface area (Å²) in [6.45, 7) is 8.90. The first-order valence-electron chi connectivity index (χ1n) is 4.73. The average molecular weight is 254 g/mol. The molecule has 1 N–H and O–H groups in total. The van der Waals surface area contributed by atoms with Crippen molar-refractivity contribution in [2.45, 2.75) is 19.9 Å². The van der Waals surface area contributed by atoms with E-state index in [1.165, 1.54) is 11.1 Å². The molecule has 1 rings (SSSR count). The van der Waals surface area contributed by atoms with Gasteiger partial charge in [-0.1, -0.05) is 46.8 Å². The summed E-state index contributed by atoms with van der Waals surface area (Å²) in [6.07, 6.45) is 0. The van der Waals surface area contributed by atoms with E-state index in [2.05, 4.69) is 65.9 Å². The Bertz CT molecular complexity index is 320. The van der Waals surface area contributed by atoms with Crippen molar-refractivity contribution < 1.29 is 0 Å². The predicted octanol–water partition coefficient (Wildman–Crippen LogP) is 3.55. The Balaban J connectivity index is 2.65. The fourth-order valence-electron chi connectivity index (χ4n) is 1.45. The van der Waals surface area contributed by atoms with E-state index in [0.29, 0.717) is 6.04 Å². The highest BCUT2D eigenvalue weighted by atomic mass is 79.9. The SMILES string of the molecule is C=C(Br)CN[C@@H](C)c1ccccc1C. The largest absolute Gasteiger partial charge is 0.306 e. The van der Waals surface area contributed by atoms with E-state index >= 15 is 0 Å². The van der Waals surface area contributed by atoms with Crippen molar-refractivity contribution in [2.24, 2.45) is 0 Å². The molecular weight excluding hydrogens is 238 g/mol. The first kappa shape index (κ1) is 11.5. The topological polar surface area (TPSA) is 12.0 Å². The third-order valence-electron chi connectivity index (χ3n) is 2.26. The zero-order valence-corrected chi connectivity index (χ0v) is 10.3. The minimum atomic E-state index is 0.366. The van der Waals surface area contributed by atoms with Crippen LogP contribution in [0.15, 0.2) is 35.3 Å². The average Bonchev–Trinajstić information content (AvgIpc) is 2.15. The lowest BCUT2D eigenvalue weighted by atomic mass is 10.0. The summed E-state index contributed by atoms with van der Waals surface area (Å²) < 4.78 is 0.984. The molecule has 1 nitrogen and oxygen atoms in total. The van der Waals surface area contributed by atoms with Crippen molar-refractivity contribution in [3.63, 3.8) is 0 Å². The van der Waals surface area contributed by atoms with Crippen LogP contribution >= 0.6 is 15.9 Å². The zero-order chi connectivity index (χ0) is 10.6. The highest BCUT2D eigenvalue weighted by molar-refractivity contribution is 9.11. The molecule has 0 aromatic heterocycles. The van der Waals surface area contributed by atoms with Gasteiger partial charge in [-0.2, -0.15) is 0 Å². The number of halogens is 1. The fraction of sp³-hybridized carbons (Fsp3) is 0.333. The van der Waals surface area contributed by atoms with Crippen LogP contribution in [0.2, 0.25) is 0 Å². The lowest BCUT2D eigenvalue weighted by Gasteiger charge is -2.15. The molecule has 0 aliphatic heterocycles. The van der Waals surface area contributed by atoms with Crippen LogP contribution in [0, 0.1) is 6.92 Å². The molecule has 0 amide bonds. The number of hydrogen-bond donors (Lipinski definition) is 1. The Morgan fingerprint density at radius 1 is 1.50 bits per heavy atom. The van der Waals surface area contributed by atoms with Gasteiger partial charge in [0.05, 0.1) is 0 Å². The minimum absolute atomic E-state index is 0.366. The Morgan fingerprint density at radius 2 is 2.14 bits per heavy atom. The van der Waals surface area contributed by atoms with E-state index in [1.807, 2.05) is 0 Å². The lowest BCUT2D eigenvalue weighted by Crippen LogP contribution is -2.20. The molecule has 0 aliphatic carbocycles. The van der Waals surface area contributed by atoms with Crippen molar-refractivity contribution in [2.75, 3.05) is 6.54 Å². The van der Waals surface area contributed by atoms with E-state index in [1.54, 1.807) is 0 Å². The zero-order valence-electron chi connectivity index (χ0n) is 8.68. The highest BCUT2D eigenvalue weighted by Crippen LogP contribution is 2.16. The fourth-order valence-corrected chi connectivity index (χ4v) is 1.61. The quantitative estimate of drug-likeness (QED) is 0.866. The maximum Gasteiger partial charge on any atom is 0.0297 e. The van der Waals surface area contributed by atoms with Gasteiger partial charge in [-0.25, -0.2) is 0 Å². The molecule has 2 heteroatoms. The molecule has 76 valence electrons. The Kier molecular flexibility index (Phi) is 4.36. The van der Waals surface area contributed by atoms with Crippen molar-refractivity contribution in [3.05, 3.63) is 46.5 Å². The summed E-state index contributed by atoms with van der Waals surface area (Å²) in [6, 6.07) is 8.80. The van der Waals surface area contributed by atoms with Crippen molar-refractivity contribution in [1.29, 1.82) is 0 Å². The van der Waals surface area contributed by atoms with E-state index in [-0.39, 0.29) is 0 Å². The van der Waals surface area contributed by atoms with Crippen LogP contribution in [0.3, 0.4) is 0 Å². The monoisotopic (exact) mass is 253 g/mol. The van der Waals surface area contributed by atoms with Gasteiger partial charge in [0.25, 0.3) is 0 Å². The minimum Gasteiger partial charge on any atom is -0.306 e. The molecule has 0 saturated heterocycles. The standard InChI is InChI=1S/C12H16BrN/c1-9-6-4-5-7-12(9)11(3)14-8-10(2)13/h4-7,11,14H,2,8H2,1,3H3/t11-/m0/s1. The molecule has 0 unspecified atom stereocenters. The first-order valence-corrected chi connectivity index (χ1v) is 5.52. The summed E-state index contributed by atoms with van der Waals surface area (Å²) in [7, 11) is 0. The smallest absolute Gasteiger partial charge is 0.0297 e. The molecule has 1 aromatic rings. The molecule has 0 radical (unpaired) electrons. The van der Waals surface area contributed by atoms with Gasteiger partial charge in [-0.3, -0.25) is 0 Å². The predicted molar refractivity (Wildman–Crippen MR) is 65.7 cm³/mol. The second-order valence-electron chi connectivity index (χ2n) is 3.48. The number of aryl methyl sites for hydroxylation is 1. The number of benzene rings is 1. The molecular formula is C12H16BrN. The normalized spacial score (nSPS) is 12.5. The molecule has 0 bridgehead atoms. The molecule has 0 heterocycles. The van der Waals surface area contributed by atoms with Crippen LogP contribution in [-0.4, -0.2) is 6.54 Å². The lowest BCUT2D eigenvalue weighted by molar-refractivity contribution is 0.612. The Labute approximate surface area is 94.3 Å². The maximum atomic E-state index is 3.80. The van der Waals surface area contributed by atoms with Gasteiger partial charge in [0.2, 0.25) is 0 Å². The molecule has 0 fully saturated rings. The molecule has 0 saturated carbocycles. The Hall–Kier alpha value is -0.600. The molecule has 0 aliphatic rings. The van der Waals surface area contributed by atoms with Crippen LogP contribution in [-0.2, 0) is 0 Å². The van der Waals surface area contributed by atoms with Crippen LogP contribution in [0.5, 0.6) is 0 Å². The third-order valence-corrected chi connectivity index (χ3v) is 2.54. The Morgan fingerprint density at radius 3 is 2.71 bits per heavy atom. The van der Waals surface area contributed by atoms with Crippen LogP contribution < -0.4 is 5.32 Å². The summed E-state index contributed by atoms with van der Waals surface area (Å²) in [5.41, 5.74) is 2.67. The molecule has 1 aromatic carbocycles. The first-order chi connectivity index (χ1) is 6.61. The van der Waals surface area contributed by atoms with Crippen molar-refractivity contribution in [1.82, 2.24) is 5.32 Å². The van der Waals surface area contributed by atoms with E-state index in [9.17, 15) is 0 Å². The van der Waals surface area contributed by atoms with Gasteiger partial charge in [-0.05, 0) is 25.0 Å². The van der Waals surface area contributed by atoms with Gasteiger partial charge in [0.15, 0.2) is 0 Å². The van der Waals surface area contributed by atoms with Crippen LogP contribution in [0.4, 0.5) is 0 Å². The summed E-state index contributed by atoms with van der Waals surface area (Å²) in [5, 5.41) is 3.39. The molecule has 14 heavy (non-hydrogen) atoms. The molecule has 1 atom stereocenters. The van der Waals surface area contributed by atoms with Gasteiger partial charge < -0.3 is 5.32 Å². The highest BCUT2D eigenvalue weighted by Gasteiger charge is 2.06. The van der Waals surface area contributed by atoms with Gasteiger partial charge in [-0.15, -0.1) is 0 Å². The molecule has 0 spiro atoms. The van der Waals surface area contributed by atoms with Gasteiger partial charge >= 0.3 is 0 Å². The van der Waals surface area contributed by atoms with E-state index < -0.39 is 0 Å². The number of nitrogens with one attached hydrogen (secondary N) is 1. The summed E-state index contributed by atoms with van der Waals surface area (Å²) in [5.74, 6) is 0. The van der Waals surface area contributed by atoms with Crippen molar-refractivity contribution in [3.8, 4) is 0 Å². The summed E-state index contributed by atoms with van der Waals surface area (Å²) >= 11 is 3.34. The van der Waals surface area contributed by atoms with E-state index in [0.717, 1.165) is 11.0 Å². The summed E-state index contributed by atoms with van der Waals surface area (Å²) in [4.78, 5) is 0. The number of rotatable bonds is 4. The second-order valence-corrected chi connectivity index (χ2v) is 4.60.